The molecule has 0 atom stereocenters. The van der Waals surface area contributed by atoms with Crippen LogP contribution in [0, 0.1) is 0 Å². The third-order valence-corrected chi connectivity index (χ3v) is 2.06. The molecule has 0 unspecified atom stereocenters. The van der Waals surface area contributed by atoms with E-state index >= 15 is 0 Å². The zero-order valence-corrected chi connectivity index (χ0v) is 8.05. The number of nitrogens with zero attached hydrogens (tertiary/aromatic N) is 2. The van der Waals surface area contributed by atoms with Crippen LogP contribution in [0.5, 0.6) is 0 Å². The van der Waals surface area contributed by atoms with Gasteiger partial charge in [0, 0.05) is 7.05 Å². The summed E-state index contributed by atoms with van der Waals surface area (Å²) in [6, 6.07) is 0. The van der Waals surface area contributed by atoms with Crippen molar-refractivity contribution < 1.29 is 4.84 Å². The standard InChI is InChI=1S/C6H10BrN3O/c1-10-6(4-9-11-2)5(7)3-8-10/h3,9H,4H2,1-2H3. The average molecular weight is 220 g/mol. The van der Waals surface area contributed by atoms with Crippen LogP contribution in [0.15, 0.2) is 10.7 Å². The SMILES string of the molecule is CONCc1c(Br)cnn1C. The second-order valence-electron chi connectivity index (χ2n) is 2.09. The molecule has 1 aromatic rings. The van der Waals surface area contributed by atoms with Gasteiger partial charge in [-0.1, -0.05) is 0 Å². The summed E-state index contributed by atoms with van der Waals surface area (Å²) in [5.41, 5.74) is 3.80. The van der Waals surface area contributed by atoms with E-state index in [-0.39, 0.29) is 0 Å². The van der Waals surface area contributed by atoms with Gasteiger partial charge in [-0.3, -0.25) is 4.68 Å². The number of hydroxylamine groups is 1. The Morgan fingerprint density at radius 1 is 1.82 bits per heavy atom. The minimum Gasteiger partial charge on any atom is -0.305 e. The number of aryl methyl sites for hydroxylation is 1. The van der Waals surface area contributed by atoms with Crippen LogP contribution >= 0.6 is 15.9 Å². The first-order valence-electron chi connectivity index (χ1n) is 3.18. The van der Waals surface area contributed by atoms with E-state index < -0.39 is 0 Å². The predicted octanol–water partition coefficient (Wildman–Crippen LogP) is 0.834. The Morgan fingerprint density at radius 3 is 3.00 bits per heavy atom. The molecule has 0 aliphatic carbocycles. The molecule has 1 heterocycles. The largest absolute Gasteiger partial charge is 0.305 e. The smallest absolute Gasteiger partial charge is 0.0684 e. The van der Waals surface area contributed by atoms with Gasteiger partial charge in [0.2, 0.25) is 0 Å². The molecule has 0 bridgehead atoms. The molecule has 1 aromatic heterocycles. The number of nitrogens with one attached hydrogen (secondary N) is 1. The fourth-order valence-corrected chi connectivity index (χ4v) is 1.26. The molecule has 0 aliphatic rings. The van der Waals surface area contributed by atoms with E-state index in [1.165, 1.54) is 0 Å². The van der Waals surface area contributed by atoms with E-state index in [0.29, 0.717) is 6.54 Å². The van der Waals surface area contributed by atoms with Crippen LogP contribution in [0.2, 0.25) is 0 Å². The molecule has 0 amide bonds. The summed E-state index contributed by atoms with van der Waals surface area (Å²) in [5.74, 6) is 0. The maximum Gasteiger partial charge on any atom is 0.0684 e. The fourth-order valence-electron chi connectivity index (χ4n) is 0.775. The summed E-state index contributed by atoms with van der Waals surface area (Å²) >= 11 is 3.37. The molecule has 0 spiro atoms. The first-order valence-corrected chi connectivity index (χ1v) is 3.97. The maximum absolute atomic E-state index is 4.71. The number of hydrogen-bond acceptors (Lipinski definition) is 3. The van der Waals surface area contributed by atoms with Gasteiger partial charge >= 0.3 is 0 Å². The first-order chi connectivity index (χ1) is 5.25. The minimum absolute atomic E-state index is 0.646. The van der Waals surface area contributed by atoms with Gasteiger partial charge in [0.15, 0.2) is 0 Å². The van der Waals surface area contributed by atoms with Gasteiger partial charge in [-0.15, -0.1) is 0 Å². The minimum atomic E-state index is 0.646. The van der Waals surface area contributed by atoms with Gasteiger partial charge in [-0.2, -0.15) is 10.6 Å². The third kappa shape index (κ3) is 2.02. The van der Waals surface area contributed by atoms with Crippen LogP contribution < -0.4 is 5.48 Å². The van der Waals surface area contributed by atoms with E-state index in [9.17, 15) is 0 Å². The Bertz CT molecular complexity index is 216. The van der Waals surface area contributed by atoms with Crippen molar-refractivity contribution >= 4 is 15.9 Å². The van der Waals surface area contributed by atoms with Crippen molar-refractivity contribution in [1.29, 1.82) is 0 Å². The van der Waals surface area contributed by atoms with Crippen LogP contribution in [0.4, 0.5) is 0 Å². The summed E-state index contributed by atoms with van der Waals surface area (Å²) in [6.07, 6.45) is 1.76. The molecule has 1 rings (SSSR count). The molecule has 5 heteroatoms. The lowest BCUT2D eigenvalue weighted by Gasteiger charge is -2.02. The van der Waals surface area contributed by atoms with Crippen molar-refractivity contribution in [3.8, 4) is 0 Å². The van der Waals surface area contributed by atoms with Gasteiger partial charge in [0.25, 0.3) is 0 Å². The van der Waals surface area contributed by atoms with E-state index in [2.05, 4.69) is 26.5 Å². The number of halogens is 1. The molecule has 0 aromatic carbocycles. The topological polar surface area (TPSA) is 39.1 Å². The highest BCUT2D eigenvalue weighted by Crippen LogP contribution is 2.13. The van der Waals surface area contributed by atoms with Crippen molar-refractivity contribution in [2.75, 3.05) is 7.11 Å². The summed E-state index contributed by atoms with van der Waals surface area (Å²) in [6.45, 7) is 0.646. The monoisotopic (exact) mass is 219 g/mol. The van der Waals surface area contributed by atoms with Crippen molar-refractivity contribution in [1.82, 2.24) is 15.3 Å². The molecule has 1 N–H and O–H groups in total. The van der Waals surface area contributed by atoms with Crippen molar-refractivity contribution in [2.45, 2.75) is 6.54 Å². The molecule has 62 valence electrons. The summed E-state index contributed by atoms with van der Waals surface area (Å²) in [4.78, 5) is 4.71. The number of aromatic nitrogens is 2. The van der Waals surface area contributed by atoms with Crippen LogP contribution in [0.1, 0.15) is 5.69 Å². The normalized spacial score (nSPS) is 10.5. The second kappa shape index (κ2) is 3.85. The van der Waals surface area contributed by atoms with E-state index in [1.807, 2.05) is 7.05 Å². The van der Waals surface area contributed by atoms with Gasteiger partial charge in [0.05, 0.1) is 30.0 Å². The lowest BCUT2D eigenvalue weighted by atomic mass is 10.4. The zero-order valence-electron chi connectivity index (χ0n) is 6.47. The molecule has 0 aliphatic heterocycles. The molecule has 4 nitrogen and oxygen atoms in total. The summed E-state index contributed by atoms with van der Waals surface area (Å²) in [5, 5.41) is 4.04. The summed E-state index contributed by atoms with van der Waals surface area (Å²) < 4.78 is 2.78. The number of rotatable bonds is 3. The van der Waals surface area contributed by atoms with Gasteiger partial charge < -0.3 is 4.84 Å². The molecule has 0 radical (unpaired) electrons. The van der Waals surface area contributed by atoms with Crippen LogP contribution in [0.25, 0.3) is 0 Å². The zero-order chi connectivity index (χ0) is 8.27. The fraction of sp³-hybridized carbons (Fsp3) is 0.500. The van der Waals surface area contributed by atoms with Crippen molar-refractivity contribution in [2.24, 2.45) is 7.05 Å². The molecular formula is C6H10BrN3O. The maximum atomic E-state index is 4.71. The lowest BCUT2D eigenvalue weighted by Crippen LogP contribution is -2.14. The Balaban J connectivity index is 2.67. The highest BCUT2D eigenvalue weighted by molar-refractivity contribution is 9.10. The number of hydrogen-bond donors (Lipinski definition) is 1. The van der Waals surface area contributed by atoms with Crippen LogP contribution in [-0.4, -0.2) is 16.9 Å². The third-order valence-electron chi connectivity index (χ3n) is 1.39. The average Bonchev–Trinajstić information content (AvgIpc) is 2.29. The Hall–Kier alpha value is -0.390. The Kier molecular flexibility index (Phi) is 3.04. The quantitative estimate of drug-likeness (QED) is 0.767. The van der Waals surface area contributed by atoms with E-state index in [0.717, 1.165) is 10.2 Å². The molecule has 0 saturated heterocycles. The summed E-state index contributed by atoms with van der Waals surface area (Å²) in [7, 11) is 3.47. The molecular weight excluding hydrogens is 210 g/mol. The van der Waals surface area contributed by atoms with Gasteiger partial charge in [-0.05, 0) is 15.9 Å². The van der Waals surface area contributed by atoms with Crippen LogP contribution in [-0.2, 0) is 18.4 Å². The lowest BCUT2D eigenvalue weighted by molar-refractivity contribution is 0.0848. The first kappa shape index (κ1) is 8.70. The molecule has 11 heavy (non-hydrogen) atoms. The van der Waals surface area contributed by atoms with Gasteiger partial charge in [-0.25, -0.2) is 0 Å². The molecule has 0 saturated carbocycles. The van der Waals surface area contributed by atoms with Crippen LogP contribution in [0.3, 0.4) is 0 Å². The Morgan fingerprint density at radius 2 is 2.55 bits per heavy atom. The van der Waals surface area contributed by atoms with Gasteiger partial charge in [0.1, 0.15) is 0 Å². The van der Waals surface area contributed by atoms with E-state index in [4.69, 9.17) is 4.84 Å². The predicted molar refractivity (Wildman–Crippen MR) is 44.8 cm³/mol. The van der Waals surface area contributed by atoms with Crippen molar-refractivity contribution in [3.05, 3.63) is 16.4 Å². The van der Waals surface area contributed by atoms with Crippen molar-refractivity contribution in [3.63, 3.8) is 0 Å². The highest BCUT2D eigenvalue weighted by Gasteiger charge is 2.03. The Labute approximate surface area is 73.6 Å². The highest BCUT2D eigenvalue weighted by atomic mass is 79.9. The van der Waals surface area contributed by atoms with E-state index in [1.54, 1.807) is 18.0 Å². The molecule has 0 fully saturated rings. The second-order valence-corrected chi connectivity index (χ2v) is 2.94.